The van der Waals surface area contributed by atoms with Gasteiger partial charge in [0, 0.05) is 7.05 Å². The van der Waals surface area contributed by atoms with Crippen molar-refractivity contribution >= 4 is 18.3 Å². The first kappa shape index (κ1) is 15.2. The highest BCUT2D eigenvalue weighted by molar-refractivity contribution is 6.62. The Morgan fingerprint density at radius 2 is 1.75 bits per heavy atom. The van der Waals surface area contributed by atoms with E-state index in [1.165, 1.54) is 0 Å². The molecule has 0 unspecified atom stereocenters. The van der Waals surface area contributed by atoms with Crippen LogP contribution in [0.3, 0.4) is 0 Å². The summed E-state index contributed by atoms with van der Waals surface area (Å²) in [6, 6.07) is 5.97. The number of nitrogens with one attached hydrogen (secondary N) is 1. The fourth-order valence-electron chi connectivity index (χ4n) is 2.15. The van der Waals surface area contributed by atoms with Crippen molar-refractivity contribution < 1.29 is 14.0 Å². The smallest absolute Gasteiger partial charge is 0.492 e. The minimum absolute atomic E-state index is 0.323. The third-order valence-corrected chi connectivity index (χ3v) is 4.10. The lowest BCUT2D eigenvalue weighted by molar-refractivity contribution is 0.00578. The summed E-state index contributed by atoms with van der Waals surface area (Å²) in [5.41, 5.74) is 1.29. The van der Waals surface area contributed by atoms with Crippen LogP contribution >= 0.6 is 0 Å². The molecule has 0 spiro atoms. The maximum atomic E-state index is 6.06. The molecule has 20 heavy (non-hydrogen) atoms. The van der Waals surface area contributed by atoms with Crippen molar-refractivity contribution in [2.24, 2.45) is 0 Å². The molecular weight excluding hydrogens is 253 g/mol. The van der Waals surface area contributed by atoms with E-state index in [0.29, 0.717) is 6.61 Å². The molecule has 110 valence electrons. The number of benzene rings is 1. The summed E-state index contributed by atoms with van der Waals surface area (Å²) in [7, 11) is 1.54. The van der Waals surface area contributed by atoms with Crippen molar-refractivity contribution in [2.45, 2.75) is 45.8 Å². The van der Waals surface area contributed by atoms with Crippen LogP contribution in [0.1, 0.15) is 34.6 Å². The predicted octanol–water partition coefficient (Wildman–Crippen LogP) is 2.43. The van der Waals surface area contributed by atoms with Gasteiger partial charge in [0.2, 0.25) is 0 Å². The third-order valence-electron chi connectivity index (χ3n) is 4.10. The Morgan fingerprint density at radius 3 is 2.25 bits per heavy atom. The van der Waals surface area contributed by atoms with E-state index in [0.717, 1.165) is 16.9 Å². The van der Waals surface area contributed by atoms with Crippen molar-refractivity contribution in [1.29, 1.82) is 0 Å². The molecule has 1 aromatic rings. The highest BCUT2D eigenvalue weighted by Crippen LogP contribution is 2.37. The van der Waals surface area contributed by atoms with E-state index in [-0.39, 0.29) is 18.3 Å². The molecule has 1 aliphatic heterocycles. The molecule has 0 aliphatic carbocycles. The zero-order chi connectivity index (χ0) is 15.0. The molecule has 1 heterocycles. The quantitative estimate of drug-likeness (QED) is 0.858. The van der Waals surface area contributed by atoms with Crippen LogP contribution in [0.25, 0.3) is 0 Å². The van der Waals surface area contributed by atoms with Crippen LogP contribution in [-0.4, -0.2) is 32.0 Å². The Kier molecular flexibility index (Phi) is 4.03. The maximum Gasteiger partial charge on any atom is 0.494 e. The Morgan fingerprint density at radius 1 is 1.15 bits per heavy atom. The van der Waals surface area contributed by atoms with Crippen molar-refractivity contribution in [3.63, 3.8) is 0 Å². The van der Waals surface area contributed by atoms with E-state index >= 15 is 0 Å². The van der Waals surface area contributed by atoms with Gasteiger partial charge in [0.25, 0.3) is 0 Å². The fraction of sp³-hybridized carbons (Fsp3) is 0.600. The Labute approximate surface area is 121 Å². The minimum atomic E-state index is -0.345. The number of hydrogen-bond acceptors (Lipinski definition) is 4. The van der Waals surface area contributed by atoms with Crippen LogP contribution in [-0.2, 0) is 9.31 Å². The first-order valence-electron chi connectivity index (χ1n) is 7.11. The van der Waals surface area contributed by atoms with E-state index < -0.39 is 0 Å². The Hall–Kier alpha value is -1.20. The summed E-state index contributed by atoms with van der Waals surface area (Å²) in [6.07, 6.45) is 0. The molecule has 4 nitrogen and oxygen atoms in total. The standard InChI is InChI=1S/C15H24BNO3/c1-7-18-13-9-8-11(10-12(13)17-6)16-19-14(2,3)15(4,5)20-16/h8-10,17H,7H2,1-6H3. The molecule has 0 saturated carbocycles. The number of ether oxygens (including phenoxy) is 1. The van der Waals surface area contributed by atoms with Gasteiger partial charge in [-0.05, 0) is 52.2 Å². The predicted molar refractivity (Wildman–Crippen MR) is 82.9 cm³/mol. The summed E-state index contributed by atoms with van der Waals surface area (Å²) in [4.78, 5) is 0. The lowest BCUT2D eigenvalue weighted by Crippen LogP contribution is -2.41. The van der Waals surface area contributed by atoms with E-state index in [4.69, 9.17) is 14.0 Å². The maximum absolute atomic E-state index is 6.06. The highest BCUT2D eigenvalue weighted by atomic mass is 16.7. The van der Waals surface area contributed by atoms with Crippen LogP contribution in [0.5, 0.6) is 5.75 Å². The van der Waals surface area contributed by atoms with Gasteiger partial charge in [-0.15, -0.1) is 0 Å². The molecule has 1 N–H and O–H groups in total. The largest absolute Gasteiger partial charge is 0.494 e. The van der Waals surface area contributed by atoms with Gasteiger partial charge in [-0.1, -0.05) is 6.07 Å². The number of rotatable bonds is 4. The van der Waals surface area contributed by atoms with Crippen molar-refractivity contribution in [3.05, 3.63) is 18.2 Å². The van der Waals surface area contributed by atoms with Gasteiger partial charge in [0.15, 0.2) is 0 Å². The van der Waals surface area contributed by atoms with Crippen LogP contribution in [0, 0.1) is 0 Å². The molecule has 2 rings (SSSR count). The summed E-state index contributed by atoms with van der Waals surface area (Å²) in [6.45, 7) is 10.8. The molecule has 0 aromatic heterocycles. The van der Waals surface area contributed by atoms with Gasteiger partial charge in [-0.2, -0.15) is 0 Å². The molecule has 0 amide bonds. The summed E-state index contributed by atoms with van der Waals surface area (Å²) in [5, 5.41) is 3.15. The van der Waals surface area contributed by atoms with Crippen molar-refractivity contribution in [2.75, 3.05) is 19.0 Å². The molecular formula is C15H24BNO3. The van der Waals surface area contributed by atoms with Crippen molar-refractivity contribution in [1.82, 2.24) is 0 Å². The molecule has 1 aliphatic rings. The average molecular weight is 277 g/mol. The van der Waals surface area contributed by atoms with Gasteiger partial charge >= 0.3 is 7.12 Å². The SMILES string of the molecule is CCOc1ccc(B2OC(C)(C)C(C)(C)O2)cc1NC. The normalized spacial score (nSPS) is 20.0. The zero-order valence-corrected chi connectivity index (χ0v) is 13.2. The second-order valence-corrected chi connectivity index (χ2v) is 6.03. The lowest BCUT2D eigenvalue weighted by Gasteiger charge is -2.32. The van der Waals surface area contributed by atoms with Crippen molar-refractivity contribution in [3.8, 4) is 5.75 Å². The van der Waals surface area contributed by atoms with E-state index in [9.17, 15) is 0 Å². The molecule has 0 radical (unpaired) electrons. The second-order valence-electron chi connectivity index (χ2n) is 6.03. The Balaban J connectivity index is 2.27. The number of hydrogen-bond donors (Lipinski definition) is 1. The van der Waals surface area contributed by atoms with Crippen LogP contribution < -0.4 is 15.5 Å². The second kappa shape index (κ2) is 5.30. The van der Waals surface area contributed by atoms with Gasteiger partial charge in [-0.3, -0.25) is 0 Å². The summed E-state index contributed by atoms with van der Waals surface area (Å²) in [5.74, 6) is 0.843. The first-order chi connectivity index (χ1) is 9.30. The third kappa shape index (κ3) is 2.65. The number of anilines is 1. The molecule has 0 bridgehead atoms. The lowest BCUT2D eigenvalue weighted by atomic mass is 9.79. The van der Waals surface area contributed by atoms with E-state index in [1.807, 2.05) is 32.2 Å². The highest BCUT2D eigenvalue weighted by Gasteiger charge is 2.51. The first-order valence-corrected chi connectivity index (χ1v) is 7.11. The fourth-order valence-corrected chi connectivity index (χ4v) is 2.15. The molecule has 1 saturated heterocycles. The topological polar surface area (TPSA) is 39.7 Å². The molecule has 1 fully saturated rings. The van der Waals surface area contributed by atoms with Gasteiger partial charge in [0.1, 0.15) is 5.75 Å². The van der Waals surface area contributed by atoms with E-state index in [2.05, 4.69) is 33.0 Å². The summed E-state index contributed by atoms with van der Waals surface area (Å²) >= 11 is 0. The van der Waals surface area contributed by atoms with E-state index in [1.54, 1.807) is 0 Å². The molecule has 0 atom stereocenters. The van der Waals surface area contributed by atoms with Crippen LogP contribution in [0.4, 0.5) is 5.69 Å². The van der Waals surface area contributed by atoms with Gasteiger partial charge < -0.3 is 19.4 Å². The molecule has 1 aromatic carbocycles. The Bertz CT molecular complexity index is 472. The van der Waals surface area contributed by atoms with Crippen LogP contribution in [0.2, 0.25) is 0 Å². The minimum Gasteiger partial charge on any atom is -0.492 e. The van der Waals surface area contributed by atoms with Gasteiger partial charge in [0.05, 0.1) is 23.5 Å². The molecule has 5 heteroatoms. The van der Waals surface area contributed by atoms with Gasteiger partial charge in [-0.25, -0.2) is 0 Å². The average Bonchev–Trinajstić information content (AvgIpc) is 2.59. The zero-order valence-electron chi connectivity index (χ0n) is 13.2. The monoisotopic (exact) mass is 277 g/mol. The summed E-state index contributed by atoms with van der Waals surface area (Å²) < 4.78 is 17.7. The van der Waals surface area contributed by atoms with Crippen LogP contribution in [0.15, 0.2) is 18.2 Å².